The third-order valence-corrected chi connectivity index (χ3v) is 3.97. The first-order valence-corrected chi connectivity index (χ1v) is 7.04. The van der Waals surface area contributed by atoms with Gasteiger partial charge in [-0.2, -0.15) is 0 Å². The molecule has 1 N–H and O–H groups in total. The van der Waals surface area contributed by atoms with Crippen LogP contribution in [0.15, 0.2) is 33.8 Å². The van der Waals surface area contributed by atoms with Gasteiger partial charge in [0.25, 0.3) is 0 Å². The van der Waals surface area contributed by atoms with Crippen molar-refractivity contribution in [2.24, 2.45) is 0 Å². The molecule has 0 aliphatic rings. The second-order valence-electron chi connectivity index (χ2n) is 3.41. The van der Waals surface area contributed by atoms with Gasteiger partial charge in [0.05, 0.1) is 17.9 Å². The first-order valence-electron chi connectivity index (χ1n) is 5.26. The van der Waals surface area contributed by atoms with Gasteiger partial charge in [0.1, 0.15) is 0 Å². The number of esters is 1. The van der Waals surface area contributed by atoms with Crippen LogP contribution in [0.1, 0.15) is 6.92 Å². The summed E-state index contributed by atoms with van der Waals surface area (Å²) >= 11 is 4.97. The number of halogens is 1. The molecule has 0 aliphatic heterocycles. The fraction of sp³-hybridized carbons (Fsp3) is 0.250. The highest BCUT2D eigenvalue weighted by Gasteiger charge is 2.09. The van der Waals surface area contributed by atoms with Crippen LogP contribution in [-0.4, -0.2) is 23.3 Å². The van der Waals surface area contributed by atoms with E-state index in [1.165, 1.54) is 11.8 Å². The van der Waals surface area contributed by atoms with E-state index in [2.05, 4.69) is 20.9 Å². The van der Waals surface area contributed by atoms with E-state index in [0.29, 0.717) is 12.4 Å². The lowest BCUT2D eigenvalue weighted by Gasteiger charge is -2.01. The van der Waals surface area contributed by atoms with Gasteiger partial charge in [0.15, 0.2) is 0 Å². The van der Waals surface area contributed by atoms with Crippen LogP contribution in [0.4, 0.5) is 0 Å². The molecule has 0 saturated carbocycles. The van der Waals surface area contributed by atoms with Gasteiger partial charge < -0.3 is 9.72 Å². The number of carbonyl (C=O) groups is 1. The van der Waals surface area contributed by atoms with Gasteiger partial charge in [0, 0.05) is 21.0 Å². The van der Waals surface area contributed by atoms with Crippen LogP contribution < -0.4 is 0 Å². The van der Waals surface area contributed by atoms with Crippen LogP contribution in [0.3, 0.4) is 0 Å². The molecule has 1 heterocycles. The van der Waals surface area contributed by atoms with Crippen molar-refractivity contribution >= 4 is 44.6 Å². The largest absolute Gasteiger partial charge is 0.465 e. The summed E-state index contributed by atoms with van der Waals surface area (Å²) in [5, 5.41) is 1.12. The molecule has 0 saturated heterocycles. The first-order chi connectivity index (χ1) is 8.22. The number of rotatable bonds is 4. The smallest absolute Gasteiger partial charge is 0.316 e. The summed E-state index contributed by atoms with van der Waals surface area (Å²) in [6.07, 6.45) is 1.92. The Kier molecular flexibility index (Phi) is 4.12. The molecule has 1 aromatic carbocycles. The monoisotopic (exact) mass is 313 g/mol. The summed E-state index contributed by atoms with van der Waals surface area (Å²) in [7, 11) is 0. The molecule has 90 valence electrons. The minimum absolute atomic E-state index is 0.179. The molecule has 2 aromatic rings. The summed E-state index contributed by atoms with van der Waals surface area (Å²) in [6.45, 7) is 2.24. The van der Waals surface area contributed by atoms with Crippen molar-refractivity contribution in [1.82, 2.24) is 4.98 Å². The number of ether oxygens (including phenoxy) is 1. The first kappa shape index (κ1) is 12.5. The maximum Gasteiger partial charge on any atom is 0.316 e. The van der Waals surface area contributed by atoms with Crippen molar-refractivity contribution < 1.29 is 9.53 Å². The van der Waals surface area contributed by atoms with E-state index in [1.807, 2.05) is 31.3 Å². The highest BCUT2D eigenvalue weighted by Crippen LogP contribution is 2.31. The average molecular weight is 314 g/mol. The summed E-state index contributed by atoms with van der Waals surface area (Å²) in [5.74, 6) is 0.162. The van der Waals surface area contributed by atoms with Gasteiger partial charge in [-0.15, -0.1) is 11.8 Å². The zero-order chi connectivity index (χ0) is 12.3. The lowest BCUT2D eigenvalue weighted by Crippen LogP contribution is -2.06. The van der Waals surface area contributed by atoms with E-state index in [0.717, 1.165) is 20.3 Å². The fourth-order valence-corrected chi connectivity index (χ4v) is 2.86. The molecule has 2 rings (SSSR count). The maximum absolute atomic E-state index is 11.3. The number of aromatic nitrogens is 1. The zero-order valence-corrected chi connectivity index (χ0v) is 11.7. The Hall–Kier alpha value is -0.940. The van der Waals surface area contributed by atoms with Crippen molar-refractivity contribution in [2.75, 3.05) is 12.4 Å². The molecular formula is C12H12BrNO2S. The summed E-state index contributed by atoms with van der Waals surface area (Å²) < 4.78 is 5.92. The van der Waals surface area contributed by atoms with Crippen LogP contribution in [0.25, 0.3) is 10.9 Å². The fourth-order valence-electron chi connectivity index (χ4n) is 1.55. The van der Waals surface area contributed by atoms with E-state index in [-0.39, 0.29) is 5.97 Å². The van der Waals surface area contributed by atoms with E-state index in [1.54, 1.807) is 0 Å². The Morgan fingerprint density at radius 1 is 1.53 bits per heavy atom. The predicted molar refractivity (Wildman–Crippen MR) is 73.4 cm³/mol. The number of carbonyl (C=O) groups excluding carboxylic acids is 1. The van der Waals surface area contributed by atoms with Gasteiger partial charge in [0.2, 0.25) is 0 Å². The Bertz CT molecular complexity index is 538. The number of hydrogen-bond acceptors (Lipinski definition) is 3. The second kappa shape index (κ2) is 5.60. The van der Waals surface area contributed by atoms with Crippen molar-refractivity contribution in [3.05, 3.63) is 28.9 Å². The molecule has 5 heteroatoms. The van der Waals surface area contributed by atoms with Gasteiger partial charge >= 0.3 is 5.97 Å². The number of fused-ring (bicyclic) bond motifs is 1. The van der Waals surface area contributed by atoms with E-state index < -0.39 is 0 Å². The van der Waals surface area contributed by atoms with Gasteiger partial charge in [-0.1, -0.05) is 12.1 Å². The van der Waals surface area contributed by atoms with E-state index in [4.69, 9.17) is 4.74 Å². The summed E-state index contributed by atoms with van der Waals surface area (Å²) in [6, 6.07) is 6.00. The number of aromatic amines is 1. The van der Waals surface area contributed by atoms with Crippen LogP contribution >= 0.6 is 27.7 Å². The van der Waals surface area contributed by atoms with Gasteiger partial charge in [-0.25, -0.2) is 0 Å². The lowest BCUT2D eigenvalue weighted by atomic mass is 10.2. The van der Waals surface area contributed by atoms with Crippen LogP contribution in [-0.2, 0) is 9.53 Å². The molecule has 0 atom stereocenters. The molecule has 0 bridgehead atoms. The second-order valence-corrected chi connectivity index (χ2v) is 5.28. The van der Waals surface area contributed by atoms with Crippen LogP contribution in [0, 0.1) is 0 Å². The van der Waals surface area contributed by atoms with Gasteiger partial charge in [-0.3, -0.25) is 4.79 Å². The highest BCUT2D eigenvalue weighted by molar-refractivity contribution is 9.10. The molecule has 17 heavy (non-hydrogen) atoms. The average Bonchev–Trinajstić information content (AvgIpc) is 2.72. The highest BCUT2D eigenvalue weighted by atomic mass is 79.9. The van der Waals surface area contributed by atoms with E-state index >= 15 is 0 Å². The third kappa shape index (κ3) is 2.84. The third-order valence-electron chi connectivity index (χ3n) is 2.28. The molecule has 1 aromatic heterocycles. The number of benzene rings is 1. The number of hydrogen-bond donors (Lipinski definition) is 1. The molecule has 0 unspecified atom stereocenters. The van der Waals surface area contributed by atoms with Crippen LogP contribution in [0.5, 0.6) is 0 Å². The lowest BCUT2D eigenvalue weighted by molar-refractivity contribution is -0.139. The topological polar surface area (TPSA) is 42.1 Å². The number of thioether (sulfide) groups is 1. The minimum Gasteiger partial charge on any atom is -0.465 e. The summed E-state index contributed by atoms with van der Waals surface area (Å²) in [5.41, 5.74) is 1.05. The zero-order valence-electron chi connectivity index (χ0n) is 9.33. The normalized spacial score (nSPS) is 10.7. The molecule has 0 fully saturated rings. The molecule has 0 radical (unpaired) electrons. The van der Waals surface area contributed by atoms with Crippen LogP contribution in [0.2, 0.25) is 0 Å². The van der Waals surface area contributed by atoms with Gasteiger partial charge in [-0.05, 0) is 28.9 Å². The number of para-hydroxylation sites is 1. The molecule has 0 aliphatic carbocycles. The Labute approximate surface area is 112 Å². The standard InChI is InChI=1S/C12H12BrNO2S/c1-2-16-11(15)7-17-10-6-14-12-8(10)4-3-5-9(12)13/h3-6,14H,2,7H2,1H3. The predicted octanol–water partition coefficient (Wildman–Crippen LogP) is 3.59. The van der Waals surface area contributed by atoms with Crippen molar-refractivity contribution in [3.63, 3.8) is 0 Å². The Morgan fingerprint density at radius 2 is 2.35 bits per heavy atom. The Morgan fingerprint density at radius 3 is 3.12 bits per heavy atom. The van der Waals surface area contributed by atoms with Crippen molar-refractivity contribution in [3.8, 4) is 0 Å². The van der Waals surface area contributed by atoms with Crippen molar-refractivity contribution in [1.29, 1.82) is 0 Å². The number of nitrogens with one attached hydrogen (secondary N) is 1. The van der Waals surface area contributed by atoms with Crippen molar-refractivity contribution in [2.45, 2.75) is 11.8 Å². The molecule has 0 amide bonds. The molecule has 3 nitrogen and oxygen atoms in total. The number of H-pyrrole nitrogens is 1. The minimum atomic E-state index is -0.179. The van der Waals surface area contributed by atoms with E-state index in [9.17, 15) is 4.79 Å². The molecular weight excluding hydrogens is 302 g/mol. The summed E-state index contributed by atoms with van der Waals surface area (Å²) in [4.78, 5) is 15.5. The maximum atomic E-state index is 11.3. The molecule has 0 spiro atoms. The quantitative estimate of drug-likeness (QED) is 0.693. The SMILES string of the molecule is CCOC(=O)CSc1c[nH]c2c(Br)cccc12. The Balaban J connectivity index is 2.14.